The van der Waals surface area contributed by atoms with E-state index in [4.69, 9.17) is 14.2 Å². The molecule has 1 unspecified atom stereocenters. The monoisotopic (exact) mass is 487 g/mol. The van der Waals surface area contributed by atoms with Crippen molar-refractivity contribution >= 4 is 0 Å². The molecule has 2 aliphatic heterocycles. The van der Waals surface area contributed by atoms with Crippen LogP contribution in [-0.4, -0.2) is 75.5 Å². The van der Waals surface area contributed by atoms with Crippen molar-refractivity contribution in [2.24, 2.45) is 0 Å². The third kappa shape index (κ3) is 4.95. The minimum atomic E-state index is -4.43. The van der Waals surface area contributed by atoms with Gasteiger partial charge in [-0.3, -0.25) is 0 Å². The highest BCUT2D eigenvalue weighted by Gasteiger charge is 2.45. The van der Waals surface area contributed by atoms with Crippen LogP contribution in [0.15, 0.2) is 30.5 Å². The molecule has 2 fully saturated rings. The van der Waals surface area contributed by atoms with Gasteiger partial charge in [0.1, 0.15) is 30.2 Å². The van der Waals surface area contributed by atoms with Crippen LogP contribution in [0.4, 0.5) is 13.2 Å². The summed E-state index contributed by atoms with van der Waals surface area (Å²) in [6.45, 7) is 2.36. The number of benzene rings is 1. The fraction of sp³-hybridized carbons (Fsp3) is 0.565. The lowest BCUT2D eigenvalue weighted by Crippen LogP contribution is -2.60. The van der Waals surface area contributed by atoms with E-state index >= 15 is 0 Å². The van der Waals surface area contributed by atoms with Gasteiger partial charge < -0.3 is 39.2 Å². The van der Waals surface area contributed by atoms with Crippen molar-refractivity contribution < 1.29 is 47.8 Å². The first-order valence-electron chi connectivity index (χ1n) is 11.0. The van der Waals surface area contributed by atoms with Gasteiger partial charge in [-0.2, -0.15) is 13.2 Å². The van der Waals surface area contributed by atoms with Crippen molar-refractivity contribution in [3.8, 4) is 5.75 Å². The minimum absolute atomic E-state index is 0.0403. The average molecular weight is 487 g/mol. The zero-order valence-electron chi connectivity index (χ0n) is 18.5. The fourth-order valence-corrected chi connectivity index (χ4v) is 4.38. The molecule has 0 radical (unpaired) electrons. The first kappa shape index (κ1) is 25.0. The smallest absolute Gasteiger partial charge is 0.416 e. The number of aliphatic hydroxyl groups excluding tert-OH is 4. The Morgan fingerprint density at radius 3 is 2.38 bits per heavy atom. The number of halogens is 3. The van der Waals surface area contributed by atoms with Crippen LogP contribution in [0.1, 0.15) is 34.8 Å². The molecule has 188 valence electrons. The van der Waals surface area contributed by atoms with Crippen molar-refractivity contribution in [2.75, 3.05) is 19.8 Å². The summed E-state index contributed by atoms with van der Waals surface area (Å²) < 4.78 is 57.7. The van der Waals surface area contributed by atoms with Gasteiger partial charge in [-0.1, -0.05) is 12.1 Å². The Kier molecular flexibility index (Phi) is 7.22. The van der Waals surface area contributed by atoms with E-state index in [0.29, 0.717) is 30.1 Å². The van der Waals surface area contributed by atoms with Crippen molar-refractivity contribution in [3.63, 3.8) is 0 Å². The summed E-state index contributed by atoms with van der Waals surface area (Å²) in [6, 6.07) is 4.87. The molecule has 2 saturated heterocycles. The van der Waals surface area contributed by atoms with E-state index in [1.807, 2.05) is 11.5 Å². The summed E-state index contributed by atoms with van der Waals surface area (Å²) >= 11 is 0. The summed E-state index contributed by atoms with van der Waals surface area (Å²) in [4.78, 5) is 0. The summed E-state index contributed by atoms with van der Waals surface area (Å²) in [7, 11) is 0. The molecule has 4 rings (SSSR count). The number of hydrogen-bond donors (Lipinski definition) is 4. The third-order valence-corrected chi connectivity index (χ3v) is 6.43. The van der Waals surface area contributed by atoms with Crippen LogP contribution in [0.5, 0.6) is 5.75 Å². The van der Waals surface area contributed by atoms with Gasteiger partial charge in [0.15, 0.2) is 0 Å². The van der Waals surface area contributed by atoms with E-state index in [9.17, 15) is 33.6 Å². The van der Waals surface area contributed by atoms with Crippen molar-refractivity contribution in [3.05, 3.63) is 52.8 Å². The maximum absolute atomic E-state index is 12.9. The summed E-state index contributed by atoms with van der Waals surface area (Å²) in [6.07, 6.45) is -8.91. The second kappa shape index (κ2) is 9.84. The van der Waals surface area contributed by atoms with Crippen LogP contribution in [-0.2, 0) is 22.1 Å². The zero-order valence-corrected chi connectivity index (χ0v) is 18.5. The molecule has 0 saturated carbocycles. The lowest BCUT2D eigenvalue weighted by molar-refractivity contribution is -0.277. The molecule has 2 aromatic rings. The van der Waals surface area contributed by atoms with Gasteiger partial charge >= 0.3 is 6.18 Å². The number of hydrogen-bond acceptors (Lipinski definition) is 7. The lowest BCUT2D eigenvalue weighted by atomic mass is 9.99. The van der Waals surface area contributed by atoms with E-state index in [2.05, 4.69) is 0 Å². The summed E-state index contributed by atoms with van der Waals surface area (Å²) in [5, 5.41) is 39.9. The minimum Gasteiger partial charge on any atom is -0.460 e. The van der Waals surface area contributed by atoms with Crippen LogP contribution in [0.3, 0.4) is 0 Å². The largest absolute Gasteiger partial charge is 0.460 e. The average Bonchev–Trinajstić information content (AvgIpc) is 3.43. The zero-order chi connectivity index (χ0) is 24.6. The predicted molar refractivity (Wildman–Crippen MR) is 112 cm³/mol. The molecule has 3 heterocycles. The topological polar surface area (TPSA) is 114 Å². The van der Waals surface area contributed by atoms with E-state index in [-0.39, 0.29) is 12.5 Å². The Hall–Kier alpha value is -2.15. The quantitative estimate of drug-likeness (QED) is 0.489. The number of rotatable bonds is 6. The van der Waals surface area contributed by atoms with Crippen LogP contribution in [0, 0.1) is 6.92 Å². The fourth-order valence-electron chi connectivity index (χ4n) is 4.38. The van der Waals surface area contributed by atoms with E-state index in [1.165, 1.54) is 12.1 Å². The van der Waals surface area contributed by atoms with E-state index in [0.717, 1.165) is 24.2 Å². The predicted octanol–water partition coefficient (Wildman–Crippen LogP) is 1.55. The van der Waals surface area contributed by atoms with E-state index < -0.39 is 49.1 Å². The third-order valence-electron chi connectivity index (χ3n) is 6.43. The van der Waals surface area contributed by atoms with Crippen molar-refractivity contribution in [1.29, 1.82) is 0 Å². The second-order valence-corrected chi connectivity index (χ2v) is 8.67. The Morgan fingerprint density at radius 2 is 1.79 bits per heavy atom. The molecule has 1 aromatic heterocycles. The molecule has 8 nitrogen and oxygen atoms in total. The number of aromatic nitrogens is 1. The molecule has 0 aliphatic carbocycles. The molecule has 0 amide bonds. The van der Waals surface area contributed by atoms with Crippen molar-refractivity contribution in [2.45, 2.75) is 62.7 Å². The molecule has 1 aromatic carbocycles. The van der Waals surface area contributed by atoms with Gasteiger partial charge in [0.2, 0.25) is 6.29 Å². The number of ether oxygens (including phenoxy) is 3. The highest BCUT2D eigenvalue weighted by Crippen LogP contribution is 2.35. The van der Waals surface area contributed by atoms with Gasteiger partial charge in [-0.05, 0) is 31.0 Å². The van der Waals surface area contributed by atoms with Gasteiger partial charge in [0.05, 0.1) is 24.8 Å². The number of alkyl halides is 3. The highest BCUT2D eigenvalue weighted by molar-refractivity contribution is 5.42. The maximum atomic E-state index is 12.9. The van der Waals surface area contributed by atoms with Gasteiger partial charge in [-0.25, -0.2) is 0 Å². The second-order valence-electron chi connectivity index (χ2n) is 8.67. The standard InChI is InChI=1S/C23H28F3NO7/c1-12-16(8-13-2-4-14(5-3-13)23(24,25)26)17(9-27(12)15-6-7-32-11-15)33-22-21(31)20(30)19(29)18(10-28)34-22/h2-5,9,15,18-22,28-31H,6-8,10-11H2,1H3/t15?,18-,19-,20+,21-,22-/m1/s1. The molecule has 34 heavy (non-hydrogen) atoms. The van der Waals surface area contributed by atoms with Crippen LogP contribution < -0.4 is 4.74 Å². The molecule has 6 atom stereocenters. The Bertz CT molecular complexity index is 970. The Morgan fingerprint density at radius 1 is 1.09 bits per heavy atom. The van der Waals surface area contributed by atoms with Gasteiger partial charge in [0, 0.05) is 30.5 Å². The summed E-state index contributed by atoms with van der Waals surface area (Å²) in [5.74, 6) is 0.314. The van der Waals surface area contributed by atoms with Crippen LogP contribution >= 0.6 is 0 Å². The lowest BCUT2D eigenvalue weighted by Gasteiger charge is -2.39. The molecule has 11 heteroatoms. The van der Waals surface area contributed by atoms with E-state index in [1.54, 1.807) is 6.20 Å². The Labute approximate surface area is 194 Å². The van der Waals surface area contributed by atoms with Gasteiger partial charge in [0.25, 0.3) is 0 Å². The highest BCUT2D eigenvalue weighted by atomic mass is 19.4. The van der Waals surface area contributed by atoms with Crippen LogP contribution in [0.25, 0.3) is 0 Å². The molecular formula is C23H28F3NO7. The Balaban J connectivity index is 1.64. The molecule has 4 N–H and O–H groups in total. The number of nitrogens with zero attached hydrogens (tertiary/aromatic N) is 1. The SMILES string of the molecule is Cc1c(Cc2ccc(C(F)(F)F)cc2)c(O[C@@H]2O[C@H](CO)[C@@H](O)[C@H](O)[C@H]2O)cn1C1CCOC1. The van der Waals surface area contributed by atoms with Crippen LogP contribution in [0.2, 0.25) is 0 Å². The first-order chi connectivity index (χ1) is 16.1. The van der Waals surface area contributed by atoms with Crippen molar-refractivity contribution in [1.82, 2.24) is 4.57 Å². The molecule has 2 aliphatic rings. The maximum Gasteiger partial charge on any atom is 0.416 e. The molecule has 0 bridgehead atoms. The summed E-state index contributed by atoms with van der Waals surface area (Å²) in [5.41, 5.74) is 1.36. The number of aliphatic hydroxyl groups is 4. The molecule has 0 spiro atoms. The molecular weight excluding hydrogens is 459 g/mol. The normalized spacial score (nSPS) is 30.0. The first-order valence-corrected chi connectivity index (χ1v) is 11.0. The van der Waals surface area contributed by atoms with Gasteiger partial charge in [-0.15, -0.1) is 0 Å².